The molecule has 0 saturated carbocycles. The predicted octanol–water partition coefficient (Wildman–Crippen LogP) is 3.17. The number of methoxy groups -OCH3 is 2. The summed E-state index contributed by atoms with van der Waals surface area (Å²) in [6, 6.07) is 2.91. The molecule has 2 aromatic heterocycles. The van der Waals surface area contributed by atoms with Crippen molar-refractivity contribution in [3.63, 3.8) is 0 Å². The third-order valence-electron chi connectivity index (χ3n) is 4.32. The number of aliphatic imine (C=N–C) groups is 1. The number of benzene rings is 1. The zero-order valence-electron chi connectivity index (χ0n) is 17.9. The van der Waals surface area contributed by atoms with E-state index in [1.54, 1.807) is 13.0 Å². The number of nitrogens with zero attached hydrogens (tertiary/aromatic N) is 3. The summed E-state index contributed by atoms with van der Waals surface area (Å²) in [4.78, 5) is 8.28. The van der Waals surface area contributed by atoms with Gasteiger partial charge >= 0.3 is 0 Å². The number of aromatic nitrogens is 2. The lowest BCUT2D eigenvalue weighted by atomic mass is 10.1. The minimum absolute atomic E-state index is 0.0360. The zero-order valence-corrected chi connectivity index (χ0v) is 18.7. The van der Waals surface area contributed by atoms with Crippen molar-refractivity contribution in [2.24, 2.45) is 10.7 Å². The summed E-state index contributed by atoms with van der Waals surface area (Å²) in [6.45, 7) is 0.313. The van der Waals surface area contributed by atoms with Crippen LogP contribution >= 0.6 is 0 Å². The highest BCUT2D eigenvalue weighted by Crippen LogP contribution is 2.39. The third kappa shape index (κ3) is 5.09. The fraction of sp³-hybridized carbons (Fsp3) is 0.250. The van der Waals surface area contributed by atoms with E-state index >= 15 is 4.39 Å². The van der Waals surface area contributed by atoms with Crippen LogP contribution in [0.4, 0.5) is 14.6 Å². The van der Waals surface area contributed by atoms with Crippen molar-refractivity contribution in [1.82, 2.24) is 10.1 Å². The summed E-state index contributed by atoms with van der Waals surface area (Å²) in [5.41, 5.74) is 5.94. The number of alkyl halides is 1. The van der Waals surface area contributed by atoms with E-state index in [2.05, 4.69) is 19.9 Å². The molecule has 1 aromatic carbocycles. The highest BCUT2D eigenvalue weighted by Gasteiger charge is 2.30. The average molecular weight is 481 g/mol. The summed E-state index contributed by atoms with van der Waals surface area (Å²) in [7, 11) is 2.76. The quantitative estimate of drug-likeness (QED) is 0.330. The van der Waals surface area contributed by atoms with Crippen molar-refractivity contribution in [1.29, 1.82) is 0 Å². The van der Waals surface area contributed by atoms with Gasteiger partial charge in [0.2, 0.25) is 12.7 Å². The van der Waals surface area contributed by atoms with Gasteiger partial charge in [-0.05, 0) is 25.3 Å². The van der Waals surface area contributed by atoms with Crippen molar-refractivity contribution in [3.05, 3.63) is 41.5 Å². The van der Waals surface area contributed by atoms with Gasteiger partial charge in [0.1, 0.15) is 16.7 Å². The molecule has 10 nitrogen and oxygen atoms in total. The van der Waals surface area contributed by atoms with Crippen LogP contribution in [-0.4, -0.2) is 42.0 Å². The lowest BCUT2D eigenvalue weighted by molar-refractivity contribution is 0.186. The molecule has 0 radical (unpaired) electrons. The van der Waals surface area contributed by atoms with Gasteiger partial charge in [0.15, 0.2) is 22.9 Å². The predicted molar refractivity (Wildman–Crippen MR) is 118 cm³/mol. The molecule has 33 heavy (non-hydrogen) atoms. The summed E-state index contributed by atoms with van der Waals surface area (Å²) in [5.74, 6) is -1.16. The fourth-order valence-corrected chi connectivity index (χ4v) is 3.97. The van der Waals surface area contributed by atoms with Crippen molar-refractivity contribution < 1.29 is 32.1 Å². The number of pyridine rings is 1. The van der Waals surface area contributed by atoms with Gasteiger partial charge < -0.3 is 29.0 Å². The molecule has 0 aliphatic carbocycles. The first-order chi connectivity index (χ1) is 15.9. The van der Waals surface area contributed by atoms with Crippen molar-refractivity contribution in [2.75, 3.05) is 25.8 Å². The van der Waals surface area contributed by atoms with Crippen LogP contribution in [0.1, 0.15) is 11.3 Å². The minimum Gasteiger partial charge on any atom is -0.588 e. The van der Waals surface area contributed by atoms with Gasteiger partial charge in [-0.2, -0.15) is 4.72 Å². The molecule has 0 spiro atoms. The Labute approximate surface area is 190 Å². The second-order valence-electron chi connectivity index (χ2n) is 6.39. The van der Waals surface area contributed by atoms with E-state index in [4.69, 9.17) is 24.5 Å². The van der Waals surface area contributed by atoms with Crippen LogP contribution in [0.2, 0.25) is 0 Å². The van der Waals surface area contributed by atoms with Gasteiger partial charge in [-0.25, -0.2) is 13.8 Å². The molecule has 0 saturated heterocycles. The Balaban J connectivity index is 2.04. The van der Waals surface area contributed by atoms with E-state index in [0.29, 0.717) is 5.69 Å². The molecule has 13 heteroatoms. The molecule has 0 aliphatic heterocycles. The lowest BCUT2D eigenvalue weighted by Crippen LogP contribution is -2.17. The molecule has 1 atom stereocenters. The first-order valence-electron chi connectivity index (χ1n) is 9.39. The van der Waals surface area contributed by atoms with Gasteiger partial charge in [-0.15, -0.1) is 0 Å². The number of anilines is 1. The van der Waals surface area contributed by atoms with E-state index in [9.17, 15) is 8.94 Å². The standard InChI is InChI=1S/C20H21F2N5O5S/c1-11-7-14(29-2)18(20(25-11)30-3)33(28)27-19-15-13(32-26-19)8-12(9-24-6-4-5-23)16(22)17(15)31-10-21/h4-8H,9-10,23H2,1-3H3,(H,26,27). The summed E-state index contributed by atoms with van der Waals surface area (Å²) in [5, 5.41) is 3.77. The maximum atomic E-state index is 15.1. The van der Waals surface area contributed by atoms with Crippen LogP contribution in [0.3, 0.4) is 0 Å². The topological polar surface area (TPSA) is 140 Å². The number of ether oxygens (including phenoxy) is 3. The van der Waals surface area contributed by atoms with Gasteiger partial charge in [0.25, 0.3) is 10.8 Å². The first-order valence-corrected chi connectivity index (χ1v) is 10.5. The van der Waals surface area contributed by atoms with Gasteiger partial charge in [-0.1, -0.05) is 5.16 Å². The Morgan fingerprint density at radius 1 is 1.33 bits per heavy atom. The Morgan fingerprint density at radius 3 is 2.79 bits per heavy atom. The van der Waals surface area contributed by atoms with Gasteiger partial charge in [0, 0.05) is 23.5 Å². The molecule has 0 amide bonds. The molecule has 0 aliphatic rings. The Bertz CT molecular complexity index is 1160. The fourth-order valence-electron chi connectivity index (χ4n) is 2.94. The number of hydrogen-bond acceptors (Lipinski definition) is 10. The molecule has 1 unspecified atom stereocenters. The van der Waals surface area contributed by atoms with Crippen molar-refractivity contribution >= 4 is 34.4 Å². The number of aryl methyl sites for hydroxylation is 1. The summed E-state index contributed by atoms with van der Waals surface area (Å²) in [6.07, 6.45) is 4.11. The van der Waals surface area contributed by atoms with Crippen LogP contribution in [-0.2, 0) is 17.9 Å². The van der Waals surface area contributed by atoms with Crippen LogP contribution in [0, 0.1) is 12.7 Å². The molecule has 176 valence electrons. The Kier molecular flexibility index (Phi) is 7.90. The maximum Gasteiger partial charge on any atom is 0.283 e. The van der Waals surface area contributed by atoms with Crippen LogP contribution < -0.4 is 24.7 Å². The monoisotopic (exact) mass is 481 g/mol. The number of rotatable bonds is 10. The molecular formula is C20H21F2N5O5S. The van der Waals surface area contributed by atoms with Crippen LogP contribution in [0.25, 0.3) is 11.0 Å². The van der Waals surface area contributed by atoms with Crippen molar-refractivity contribution in [2.45, 2.75) is 18.4 Å². The van der Waals surface area contributed by atoms with E-state index in [-0.39, 0.29) is 45.4 Å². The molecule has 0 fully saturated rings. The lowest BCUT2D eigenvalue weighted by Gasteiger charge is -2.15. The number of halogens is 2. The molecule has 2 heterocycles. The third-order valence-corrected chi connectivity index (χ3v) is 5.44. The Hall–Kier alpha value is -3.58. The normalized spacial score (nSPS) is 12.5. The number of fused-ring (bicyclic) bond motifs is 1. The Morgan fingerprint density at radius 2 is 2.12 bits per heavy atom. The number of nitrogens with one attached hydrogen (secondary N) is 1. The molecule has 3 aromatic rings. The molecular weight excluding hydrogens is 460 g/mol. The summed E-state index contributed by atoms with van der Waals surface area (Å²) < 4.78 is 64.5. The largest absolute Gasteiger partial charge is 0.588 e. The smallest absolute Gasteiger partial charge is 0.283 e. The highest BCUT2D eigenvalue weighted by molar-refractivity contribution is 7.93. The average Bonchev–Trinajstić information content (AvgIpc) is 3.20. The second kappa shape index (κ2) is 10.8. The van der Waals surface area contributed by atoms with Gasteiger partial charge in [-0.3, -0.25) is 4.99 Å². The minimum atomic E-state index is -2.03. The van der Waals surface area contributed by atoms with Crippen molar-refractivity contribution in [3.8, 4) is 17.4 Å². The second-order valence-corrected chi connectivity index (χ2v) is 7.54. The SMILES string of the molecule is COc1cc(C)nc(OC)c1[S+]([O-])Nc1noc2cc(CN=CC=CN)c(F)c(OCF)c12. The highest BCUT2D eigenvalue weighted by atomic mass is 32.2. The summed E-state index contributed by atoms with van der Waals surface area (Å²) >= 11 is -2.03. The number of allylic oxidation sites excluding steroid dienone is 1. The maximum absolute atomic E-state index is 15.1. The van der Waals surface area contributed by atoms with E-state index in [1.807, 2.05) is 0 Å². The number of nitrogens with two attached hydrogens (primary N) is 1. The molecule has 0 bridgehead atoms. The number of hydrogen-bond donors (Lipinski definition) is 2. The molecule has 3 N–H and O–H groups in total. The first kappa shape index (κ1) is 24.1. The molecule has 3 rings (SSSR count). The van der Waals surface area contributed by atoms with E-state index in [0.717, 1.165) is 0 Å². The van der Waals surface area contributed by atoms with E-state index in [1.165, 1.54) is 38.8 Å². The van der Waals surface area contributed by atoms with Crippen LogP contribution in [0.15, 0.2) is 38.8 Å². The van der Waals surface area contributed by atoms with Gasteiger partial charge in [0.05, 0.1) is 20.8 Å². The van der Waals surface area contributed by atoms with E-state index < -0.39 is 29.8 Å². The zero-order chi connectivity index (χ0) is 24.0. The van der Waals surface area contributed by atoms with Crippen LogP contribution in [0.5, 0.6) is 17.4 Å².